The molecule has 2 aromatic rings. The van der Waals surface area contributed by atoms with Crippen LogP contribution < -0.4 is 5.73 Å². The number of anilines is 1. The second-order valence-corrected chi connectivity index (χ2v) is 4.17. The van der Waals surface area contributed by atoms with Crippen molar-refractivity contribution in [2.45, 2.75) is 13.3 Å². The molecule has 15 heavy (non-hydrogen) atoms. The molecular weight excluding hydrogens is 232 g/mol. The van der Waals surface area contributed by atoms with Gasteiger partial charge in [0.25, 0.3) is 0 Å². The molecule has 0 fully saturated rings. The number of aryl methyl sites for hydroxylation is 1. The maximum absolute atomic E-state index is 5.72. The van der Waals surface area contributed by atoms with E-state index in [0.717, 1.165) is 11.3 Å². The van der Waals surface area contributed by atoms with Crippen LogP contribution in [-0.4, -0.2) is 15.0 Å². The van der Waals surface area contributed by atoms with Crippen LogP contribution in [0, 0.1) is 0 Å². The Morgan fingerprint density at radius 1 is 1.40 bits per heavy atom. The molecule has 0 saturated carbocycles. The fraction of sp³-hybridized carbons (Fsp3) is 0.222. The van der Waals surface area contributed by atoms with Crippen molar-refractivity contribution in [1.82, 2.24) is 15.0 Å². The van der Waals surface area contributed by atoms with Crippen LogP contribution in [0.25, 0.3) is 10.7 Å². The van der Waals surface area contributed by atoms with Gasteiger partial charge in [-0.05, 0) is 35.0 Å². The van der Waals surface area contributed by atoms with Crippen LogP contribution in [0.3, 0.4) is 0 Å². The summed E-state index contributed by atoms with van der Waals surface area (Å²) in [5, 5.41) is 2.13. The summed E-state index contributed by atoms with van der Waals surface area (Å²) < 4.78 is 0. The third-order valence-electron chi connectivity index (χ3n) is 1.96. The summed E-state index contributed by atoms with van der Waals surface area (Å²) in [5.74, 6) is 0.708. The molecule has 0 atom stereocenters. The van der Waals surface area contributed by atoms with Crippen LogP contribution in [0.1, 0.15) is 12.5 Å². The zero-order chi connectivity index (χ0) is 10.8. The van der Waals surface area contributed by atoms with Gasteiger partial charge in [-0.3, -0.25) is 0 Å². The van der Waals surface area contributed by atoms with Crippen LogP contribution in [-0.2, 0) is 6.42 Å². The number of nitrogens with zero attached hydrogens (tertiary/aromatic N) is 3. The fourth-order valence-corrected chi connectivity index (χ4v) is 2.37. The molecule has 0 bridgehead atoms. The largest absolute Gasteiger partial charge is 0.368 e. The zero-order valence-electron chi connectivity index (χ0n) is 8.07. The molecule has 0 aliphatic carbocycles. The Labute approximate surface area is 96.2 Å². The second kappa shape index (κ2) is 4.12. The van der Waals surface area contributed by atoms with Gasteiger partial charge in [-0.15, -0.1) is 11.3 Å². The Morgan fingerprint density at radius 2 is 2.20 bits per heavy atom. The molecule has 0 aliphatic heterocycles. The van der Waals surface area contributed by atoms with E-state index >= 15 is 0 Å². The highest BCUT2D eigenvalue weighted by atomic mass is 35.5. The first-order valence-corrected chi connectivity index (χ1v) is 5.70. The Kier molecular flexibility index (Phi) is 2.83. The van der Waals surface area contributed by atoms with E-state index in [1.54, 1.807) is 11.3 Å². The van der Waals surface area contributed by atoms with Crippen LogP contribution in [0.5, 0.6) is 0 Å². The number of nitrogen functional groups attached to an aromatic ring is 1. The molecule has 6 heteroatoms. The molecule has 0 aromatic carbocycles. The Hall–Kier alpha value is -1.20. The number of thiophene rings is 1. The first-order valence-electron chi connectivity index (χ1n) is 4.44. The number of rotatable bonds is 2. The number of nitrogens with two attached hydrogens (primary N) is 1. The van der Waals surface area contributed by atoms with Gasteiger partial charge in [0.1, 0.15) is 0 Å². The summed E-state index contributed by atoms with van der Waals surface area (Å²) >= 11 is 7.30. The molecule has 0 unspecified atom stereocenters. The highest BCUT2D eigenvalue weighted by Gasteiger charge is 2.10. The molecule has 2 aromatic heterocycles. The predicted octanol–water partition coefficient (Wildman–Crippen LogP) is 2.40. The Balaban J connectivity index is 2.53. The van der Waals surface area contributed by atoms with E-state index in [1.165, 1.54) is 5.56 Å². The second-order valence-electron chi connectivity index (χ2n) is 2.91. The zero-order valence-corrected chi connectivity index (χ0v) is 9.64. The highest BCUT2D eigenvalue weighted by Crippen LogP contribution is 2.27. The molecule has 0 radical (unpaired) electrons. The van der Waals surface area contributed by atoms with Gasteiger partial charge in [-0.1, -0.05) is 6.92 Å². The maximum Gasteiger partial charge on any atom is 0.227 e. The summed E-state index contributed by atoms with van der Waals surface area (Å²) in [7, 11) is 0. The predicted molar refractivity (Wildman–Crippen MR) is 61.9 cm³/mol. The molecular formula is C9H9ClN4S. The molecule has 78 valence electrons. The van der Waals surface area contributed by atoms with E-state index in [9.17, 15) is 0 Å². The standard InChI is InChI=1S/C9H9ClN4S/c1-2-5-3-4-15-6(5)7-12-8(10)14-9(11)13-7/h3-4H,2H2,1H3,(H2,11,12,13,14). The van der Waals surface area contributed by atoms with Gasteiger partial charge in [0, 0.05) is 0 Å². The fourth-order valence-electron chi connectivity index (χ4n) is 1.28. The van der Waals surface area contributed by atoms with Crippen molar-refractivity contribution in [2.24, 2.45) is 0 Å². The van der Waals surface area contributed by atoms with Gasteiger partial charge in [0.2, 0.25) is 11.2 Å². The first kappa shape index (κ1) is 10.3. The van der Waals surface area contributed by atoms with E-state index in [4.69, 9.17) is 17.3 Å². The van der Waals surface area contributed by atoms with Gasteiger partial charge >= 0.3 is 0 Å². The van der Waals surface area contributed by atoms with Crippen LogP contribution in [0.4, 0.5) is 5.95 Å². The molecule has 2 rings (SSSR count). The van der Waals surface area contributed by atoms with Crippen LogP contribution in [0.15, 0.2) is 11.4 Å². The van der Waals surface area contributed by atoms with Crippen molar-refractivity contribution >= 4 is 28.9 Å². The topological polar surface area (TPSA) is 64.7 Å². The van der Waals surface area contributed by atoms with Gasteiger partial charge in [-0.25, -0.2) is 0 Å². The van der Waals surface area contributed by atoms with Crippen LogP contribution >= 0.6 is 22.9 Å². The lowest BCUT2D eigenvalue weighted by Gasteiger charge is -2.01. The van der Waals surface area contributed by atoms with E-state index < -0.39 is 0 Å². The van der Waals surface area contributed by atoms with Crippen molar-refractivity contribution in [1.29, 1.82) is 0 Å². The number of hydrogen-bond donors (Lipinski definition) is 1. The number of aromatic nitrogens is 3. The summed E-state index contributed by atoms with van der Waals surface area (Å²) in [6.07, 6.45) is 0.933. The third kappa shape index (κ3) is 2.08. The monoisotopic (exact) mass is 240 g/mol. The lowest BCUT2D eigenvalue weighted by molar-refractivity contribution is 1.06. The van der Waals surface area contributed by atoms with Gasteiger partial charge in [0.05, 0.1) is 4.88 Å². The van der Waals surface area contributed by atoms with E-state index in [0.29, 0.717) is 5.82 Å². The maximum atomic E-state index is 5.72. The molecule has 0 saturated heterocycles. The molecule has 0 aliphatic rings. The van der Waals surface area contributed by atoms with Crippen molar-refractivity contribution < 1.29 is 0 Å². The van der Waals surface area contributed by atoms with Crippen molar-refractivity contribution in [3.05, 3.63) is 22.3 Å². The average molecular weight is 241 g/mol. The van der Waals surface area contributed by atoms with Crippen LogP contribution in [0.2, 0.25) is 5.28 Å². The third-order valence-corrected chi connectivity index (χ3v) is 3.08. The highest BCUT2D eigenvalue weighted by molar-refractivity contribution is 7.13. The molecule has 0 spiro atoms. The van der Waals surface area contributed by atoms with Crippen molar-refractivity contribution in [2.75, 3.05) is 5.73 Å². The average Bonchev–Trinajstić information content (AvgIpc) is 2.63. The summed E-state index contributed by atoms with van der Waals surface area (Å²) in [5.41, 5.74) is 6.71. The van der Waals surface area contributed by atoms with E-state index in [2.05, 4.69) is 21.9 Å². The Morgan fingerprint density at radius 3 is 2.87 bits per heavy atom. The minimum absolute atomic E-state index is 0.132. The molecule has 2 heterocycles. The first-order chi connectivity index (χ1) is 7.20. The van der Waals surface area contributed by atoms with Gasteiger partial charge in [0.15, 0.2) is 5.82 Å². The minimum Gasteiger partial charge on any atom is -0.368 e. The van der Waals surface area contributed by atoms with E-state index in [1.807, 2.05) is 11.4 Å². The normalized spacial score (nSPS) is 10.5. The lowest BCUT2D eigenvalue weighted by atomic mass is 10.2. The smallest absolute Gasteiger partial charge is 0.227 e. The summed E-state index contributed by atoms with van der Waals surface area (Å²) in [6.45, 7) is 2.08. The molecule has 2 N–H and O–H groups in total. The van der Waals surface area contributed by atoms with E-state index in [-0.39, 0.29) is 11.2 Å². The summed E-state index contributed by atoms with van der Waals surface area (Å²) in [4.78, 5) is 12.9. The van der Waals surface area contributed by atoms with Crippen molar-refractivity contribution in [3.8, 4) is 10.7 Å². The molecule has 4 nitrogen and oxygen atoms in total. The quantitative estimate of drug-likeness (QED) is 0.876. The van der Waals surface area contributed by atoms with Gasteiger partial charge < -0.3 is 5.73 Å². The Bertz CT molecular complexity index is 462. The minimum atomic E-state index is 0.132. The van der Waals surface area contributed by atoms with Gasteiger partial charge in [-0.2, -0.15) is 15.0 Å². The summed E-state index contributed by atoms with van der Waals surface area (Å²) in [6, 6.07) is 2.05. The number of halogens is 1. The number of hydrogen-bond acceptors (Lipinski definition) is 5. The molecule has 0 amide bonds. The lowest BCUT2D eigenvalue weighted by Crippen LogP contribution is -1.99. The SMILES string of the molecule is CCc1ccsc1-c1nc(N)nc(Cl)n1. The van der Waals surface area contributed by atoms with Crippen molar-refractivity contribution in [3.63, 3.8) is 0 Å².